The van der Waals surface area contributed by atoms with Gasteiger partial charge in [0.1, 0.15) is 6.33 Å². The summed E-state index contributed by atoms with van der Waals surface area (Å²) < 4.78 is 1.20. The number of fused-ring (bicyclic) bond motifs is 1. The van der Waals surface area contributed by atoms with E-state index in [4.69, 9.17) is 0 Å². The standard InChI is InChI=1S/C7H6N2S.C2H6/c1-5-7-6(2-3-10-7)9-4-8-5;1-2/h2-4H,1H3;1-2H3. The average Bonchev–Trinajstić information content (AvgIpc) is 2.57. The third-order valence-electron chi connectivity index (χ3n) is 1.42. The fourth-order valence-corrected chi connectivity index (χ4v) is 1.71. The highest BCUT2D eigenvalue weighted by Crippen LogP contribution is 2.19. The van der Waals surface area contributed by atoms with Gasteiger partial charge in [0.25, 0.3) is 0 Å². The fraction of sp³-hybridized carbons (Fsp3) is 0.333. The summed E-state index contributed by atoms with van der Waals surface area (Å²) in [7, 11) is 0. The van der Waals surface area contributed by atoms with Crippen LogP contribution in [0.3, 0.4) is 0 Å². The molecular weight excluding hydrogens is 168 g/mol. The van der Waals surface area contributed by atoms with E-state index in [2.05, 4.69) is 9.97 Å². The SMILES string of the molecule is CC.Cc1ncnc2ccsc12. The van der Waals surface area contributed by atoms with Crippen LogP contribution in [-0.2, 0) is 0 Å². The van der Waals surface area contributed by atoms with E-state index in [1.807, 2.05) is 32.2 Å². The van der Waals surface area contributed by atoms with E-state index in [1.54, 1.807) is 17.7 Å². The highest BCUT2D eigenvalue weighted by Gasteiger charge is 1.97. The van der Waals surface area contributed by atoms with Gasteiger partial charge in [-0.2, -0.15) is 0 Å². The van der Waals surface area contributed by atoms with E-state index in [0.717, 1.165) is 11.2 Å². The third kappa shape index (κ3) is 1.61. The highest BCUT2D eigenvalue weighted by molar-refractivity contribution is 7.17. The van der Waals surface area contributed by atoms with Crippen molar-refractivity contribution in [3.8, 4) is 0 Å². The second-order valence-corrected chi connectivity index (χ2v) is 3.01. The van der Waals surface area contributed by atoms with Gasteiger partial charge in [-0.1, -0.05) is 13.8 Å². The molecule has 3 heteroatoms. The Morgan fingerprint density at radius 3 is 2.67 bits per heavy atom. The van der Waals surface area contributed by atoms with Crippen LogP contribution in [0.15, 0.2) is 17.8 Å². The Labute approximate surface area is 76.3 Å². The first-order valence-corrected chi connectivity index (χ1v) is 4.91. The van der Waals surface area contributed by atoms with Crippen LogP contribution in [0, 0.1) is 6.92 Å². The average molecular weight is 180 g/mol. The van der Waals surface area contributed by atoms with Gasteiger partial charge in [-0.25, -0.2) is 9.97 Å². The topological polar surface area (TPSA) is 25.8 Å². The molecule has 0 aromatic carbocycles. The molecule has 0 atom stereocenters. The molecule has 2 nitrogen and oxygen atoms in total. The number of aromatic nitrogens is 2. The predicted octanol–water partition coefficient (Wildman–Crippen LogP) is 3.03. The summed E-state index contributed by atoms with van der Waals surface area (Å²) in [4.78, 5) is 8.18. The highest BCUT2D eigenvalue weighted by atomic mass is 32.1. The minimum Gasteiger partial charge on any atom is -0.240 e. The molecule has 0 unspecified atom stereocenters. The Balaban J connectivity index is 0.000000336. The maximum Gasteiger partial charge on any atom is 0.116 e. The van der Waals surface area contributed by atoms with Crippen molar-refractivity contribution >= 4 is 21.6 Å². The second kappa shape index (κ2) is 4.16. The summed E-state index contributed by atoms with van der Waals surface area (Å²) in [5.74, 6) is 0. The number of rotatable bonds is 0. The number of nitrogens with zero attached hydrogens (tertiary/aromatic N) is 2. The summed E-state index contributed by atoms with van der Waals surface area (Å²) in [6.45, 7) is 6.00. The maximum atomic E-state index is 4.10. The van der Waals surface area contributed by atoms with Crippen molar-refractivity contribution in [1.29, 1.82) is 0 Å². The van der Waals surface area contributed by atoms with Gasteiger partial charge in [-0.05, 0) is 18.4 Å². The summed E-state index contributed by atoms with van der Waals surface area (Å²) >= 11 is 1.69. The van der Waals surface area contributed by atoms with Crippen LogP contribution in [0.2, 0.25) is 0 Å². The number of hydrogen-bond donors (Lipinski definition) is 0. The molecule has 0 saturated carbocycles. The van der Waals surface area contributed by atoms with E-state index in [9.17, 15) is 0 Å². The second-order valence-electron chi connectivity index (χ2n) is 2.09. The normalized spacial score (nSPS) is 9.25. The molecule has 0 saturated heterocycles. The van der Waals surface area contributed by atoms with Gasteiger partial charge >= 0.3 is 0 Å². The molecule has 0 fully saturated rings. The van der Waals surface area contributed by atoms with Crippen molar-refractivity contribution in [2.75, 3.05) is 0 Å². The van der Waals surface area contributed by atoms with Gasteiger partial charge in [-0.15, -0.1) is 11.3 Å². The molecule has 0 bridgehead atoms. The van der Waals surface area contributed by atoms with Gasteiger partial charge in [0.05, 0.1) is 15.9 Å². The lowest BCUT2D eigenvalue weighted by molar-refractivity contribution is 1.16. The van der Waals surface area contributed by atoms with Gasteiger partial charge in [0.2, 0.25) is 0 Å². The number of aryl methyl sites for hydroxylation is 1. The zero-order chi connectivity index (χ0) is 8.97. The molecule has 0 aliphatic carbocycles. The minimum absolute atomic E-state index is 1.05. The first kappa shape index (κ1) is 9.13. The minimum atomic E-state index is 1.05. The lowest BCUT2D eigenvalue weighted by atomic mass is 10.4. The van der Waals surface area contributed by atoms with Gasteiger partial charge in [0.15, 0.2) is 0 Å². The maximum absolute atomic E-state index is 4.10. The zero-order valence-electron chi connectivity index (χ0n) is 7.53. The van der Waals surface area contributed by atoms with Gasteiger partial charge in [0, 0.05) is 0 Å². The molecule has 0 amide bonds. The van der Waals surface area contributed by atoms with Crippen LogP contribution in [-0.4, -0.2) is 9.97 Å². The lowest BCUT2D eigenvalue weighted by Gasteiger charge is -1.89. The molecular formula is C9H12N2S. The summed E-state index contributed by atoms with van der Waals surface area (Å²) in [6.07, 6.45) is 1.60. The fourth-order valence-electron chi connectivity index (χ4n) is 0.911. The van der Waals surface area contributed by atoms with Crippen molar-refractivity contribution in [2.45, 2.75) is 20.8 Å². The van der Waals surface area contributed by atoms with Crippen LogP contribution >= 0.6 is 11.3 Å². The van der Waals surface area contributed by atoms with E-state index < -0.39 is 0 Å². The Morgan fingerprint density at radius 2 is 2.00 bits per heavy atom. The molecule has 2 aromatic heterocycles. The van der Waals surface area contributed by atoms with Crippen molar-refractivity contribution < 1.29 is 0 Å². The van der Waals surface area contributed by atoms with E-state index >= 15 is 0 Å². The third-order valence-corrected chi connectivity index (χ3v) is 2.43. The number of hydrogen-bond acceptors (Lipinski definition) is 3. The van der Waals surface area contributed by atoms with Crippen molar-refractivity contribution in [3.63, 3.8) is 0 Å². The zero-order valence-corrected chi connectivity index (χ0v) is 8.35. The molecule has 0 spiro atoms. The largest absolute Gasteiger partial charge is 0.240 e. The molecule has 2 aromatic rings. The van der Waals surface area contributed by atoms with Crippen LogP contribution in [0.4, 0.5) is 0 Å². The number of thiophene rings is 1. The van der Waals surface area contributed by atoms with Crippen molar-refractivity contribution in [3.05, 3.63) is 23.5 Å². The van der Waals surface area contributed by atoms with Crippen molar-refractivity contribution in [1.82, 2.24) is 9.97 Å². The van der Waals surface area contributed by atoms with Gasteiger partial charge in [-0.3, -0.25) is 0 Å². The van der Waals surface area contributed by atoms with E-state index in [1.165, 1.54) is 4.70 Å². The first-order chi connectivity index (χ1) is 5.88. The monoisotopic (exact) mass is 180 g/mol. The molecule has 2 rings (SSSR count). The lowest BCUT2D eigenvalue weighted by Crippen LogP contribution is -1.80. The quantitative estimate of drug-likeness (QED) is 0.622. The Hall–Kier alpha value is -0.960. The summed E-state index contributed by atoms with van der Waals surface area (Å²) in [6, 6.07) is 2.01. The summed E-state index contributed by atoms with van der Waals surface area (Å²) in [5, 5.41) is 2.03. The summed E-state index contributed by atoms with van der Waals surface area (Å²) in [5.41, 5.74) is 2.12. The molecule has 64 valence electrons. The van der Waals surface area contributed by atoms with E-state index in [-0.39, 0.29) is 0 Å². The molecule has 2 heterocycles. The first-order valence-electron chi connectivity index (χ1n) is 4.03. The molecule has 0 N–H and O–H groups in total. The van der Waals surface area contributed by atoms with Crippen LogP contribution in [0.5, 0.6) is 0 Å². The Kier molecular flexibility index (Phi) is 3.17. The van der Waals surface area contributed by atoms with Crippen LogP contribution in [0.1, 0.15) is 19.5 Å². The predicted molar refractivity (Wildman–Crippen MR) is 53.5 cm³/mol. The molecule has 0 radical (unpaired) electrons. The molecule has 0 aliphatic rings. The molecule has 0 aliphatic heterocycles. The Morgan fingerprint density at radius 1 is 1.25 bits per heavy atom. The van der Waals surface area contributed by atoms with Crippen LogP contribution < -0.4 is 0 Å². The smallest absolute Gasteiger partial charge is 0.116 e. The van der Waals surface area contributed by atoms with Gasteiger partial charge < -0.3 is 0 Å². The van der Waals surface area contributed by atoms with E-state index in [0.29, 0.717) is 0 Å². The van der Waals surface area contributed by atoms with Crippen LogP contribution in [0.25, 0.3) is 10.2 Å². The Bertz CT molecular complexity index is 354. The van der Waals surface area contributed by atoms with Crippen molar-refractivity contribution in [2.24, 2.45) is 0 Å². The molecule has 12 heavy (non-hydrogen) atoms.